The molecule has 1 aromatic carbocycles. The highest BCUT2D eigenvalue weighted by molar-refractivity contribution is 5.93. The standard InChI is InChI=1S/C23H30N4O2/c1-18(28)19-8-9-22(24-16-19)27-11-10-23(29,20-6-4-3-5-7-20)21(17-27)26-14-12-25(2)13-15-26/h3-9,16,21,29H,10-15,17H2,1-2H3/t21-,23+/m1/s1. The average Bonchev–Trinajstić information content (AvgIpc) is 2.75. The van der Waals surface area contributed by atoms with Crippen LogP contribution in [-0.4, -0.2) is 78.0 Å². The SMILES string of the molecule is CC(=O)c1ccc(N2CC[C@](O)(c3ccccc3)[C@H](N3CCN(C)CC3)C2)nc1. The number of piperidine rings is 1. The lowest BCUT2D eigenvalue weighted by Crippen LogP contribution is -2.64. The second-order valence-corrected chi connectivity index (χ2v) is 8.30. The quantitative estimate of drug-likeness (QED) is 0.801. The Hall–Kier alpha value is -2.28. The van der Waals surface area contributed by atoms with Crippen molar-refractivity contribution in [3.63, 3.8) is 0 Å². The molecule has 4 rings (SSSR count). The number of aliphatic hydroxyl groups is 1. The normalized spacial score (nSPS) is 26.4. The van der Waals surface area contributed by atoms with Gasteiger partial charge in [0.1, 0.15) is 11.4 Å². The van der Waals surface area contributed by atoms with Crippen molar-refractivity contribution >= 4 is 11.6 Å². The molecular formula is C23H30N4O2. The van der Waals surface area contributed by atoms with E-state index in [-0.39, 0.29) is 11.8 Å². The summed E-state index contributed by atoms with van der Waals surface area (Å²) in [5.74, 6) is 0.890. The van der Waals surface area contributed by atoms with Crippen molar-refractivity contribution in [2.45, 2.75) is 25.0 Å². The number of nitrogens with zero attached hydrogens (tertiary/aromatic N) is 4. The number of aromatic nitrogens is 1. The Balaban J connectivity index is 1.61. The molecule has 2 aliphatic heterocycles. The zero-order valence-electron chi connectivity index (χ0n) is 17.3. The van der Waals surface area contributed by atoms with Crippen molar-refractivity contribution < 1.29 is 9.90 Å². The molecule has 3 heterocycles. The van der Waals surface area contributed by atoms with Crippen molar-refractivity contribution in [3.8, 4) is 0 Å². The van der Waals surface area contributed by atoms with Gasteiger partial charge in [0.15, 0.2) is 5.78 Å². The van der Waals surface area contributed by atoms with E-state index in [2.05, 4.69) is 26.7 Å². The van der Waals surface area contributed by atoms with Gasteiger partial charge in [-0.2, -0.15) is 0 Å². The van der Waals surface area contributed by atoms with Crippen LogP contribution in [0.15, 0.2) is 48.7 Å². The summed E-state index contributed by atoms with van der Waals surface area (Å²) in [4.78, 5) is 23.1. The van der Waals surface area contributed by atoms with Crippen molar-refractivity contribution in [1.29, 1.82) is 0 Å². The molecule has 2 atom stereocenters. The molecule has 29 heavy (non-hydrogen) atoms. The maximum Gasteiger partial charge on any atom is 0.161 e. The highest BCUT2D eigenvalue weighted by atomic mass is 16.3. The van der Waals surface area contributed by atoms with Crippen LogP contribution >= 0.6 is 0 Å². The molecule has 2 aliphatic rings. The van der Waals surface area contributed by atoms with Crippen molar-refractivity contribution in [3.05, 3.63) is 59.8 Å². The molecule has 0 radical (unpaired) electrons. The summed E-state index contributed by atoms with van der Waals surface area (Å²) in [5, 5.41) is 11.9. The first-order chi connectivity index (χ1) is 14.0. The Labute approximate surface area is 172 Å². The fourth-order valence-electron chi connectivity index (χ4n) is 4.53. The number of likely N-dealkylation sites (N-methyl/N-ethyl adjacent to an activating group) is 1. The first-order valence-corrected chi connectivity index (χ1v) is 10.4. The van der Waals surface area contributed by atoms with Crippen LogP contribution in [0.2, 0.25) is 0 Å². The molecule has 6 heteroatoms. The molecule has 1 aromatic heterocycles. The van der Waals surface area contributed by atoms with Crippen LogP contribution < -0.4 is 4.90 Å². The van der Waals surface area contributed by atoms with Gasteiger partial charge in [0.25, 0.3) is 0 Å². The Morgan fingerprint density at radius 1 is 1.07 bits per heavy atom. The van der Waals surface area contributed by atoms with E-state index in [0.717, 1.165) is 44.1 Å². The lowest BCUT2D eigenvalue weighted by atomic mass is 9.79. The third-order valence-corrected chi connectivity index (χ3v) is 6.44. The molecule has 6 nitrogen and oxygen atoms in total. The molecule has 2 aromatic rings. The third-order valence-electron chi connectivity index (χ3n) is 6.44. The predicted octanol–water partition coefficient (Wildman–Crippen LogP) is 2.00. The van der Waals surface area contributed by atoms with E-state index in [0.29, 0.717) is 18.5 Å². The Bertz CT molecular complexity index is 834. The van der Waals surface area contributed by atoms with E-state index < -0.39 is 5.60 Å². The molecule has 2 fully saturated rings. The first kappa shape index (κ1) is 20.0. The fourth-order valence-corrected chi connectivity index (χ4v) is 4.53. The van der Waals surface area contributed by atoms with Crippen LogP contribution in [0.25, 0.3) is 0 Å². The largest absolute Gasteiger partial charge is 0.383 e. The van der Waals surface area contributed by atoms with Crippen LogP contribution in [0.4, 0.5) is 5.82 Å². The molecular weight excluding hydrogens is 364 g/mol. The summed E-state index contributed by atoms with van der Waals surface area (Å²) >= 11 is 0. The van der Waals surface area contributed by atoms with Crippen LogP contribution in [0, 0.1) is 0 Å². The number of piperazine rings is 1. The smallest absolute Gasteiger partial charge is 0.161 e. The maximum atomic E-state index is 11.9. The molecule has 154 valence electrons. The van der Waals surface area contributed by atoms with Gasteiger partial charge in [0.2, 0.25) is 0 Å². The highest BCUT2D eigenvalue weighted by Gasteiger charge is 2.46. The number of Topliss-reactive ketones (excluding diaryl/α,β-unsaturated/α-hetero) is 1. The van der Waals surface area contributed by atoms with E-state index >= 15 is 0 Å². The fraction of sp³-hybridized carbons (Fsp3) is 0.478. The summed E-state index contributed by atoms with van der Waals surface area (Å²) in [6, 6.07) is 13.8. The Morgan fingerprint density at radius 2 is 1.79 bits per heavy atom. The van der Waals surface area contributed by atoms with Gasteiger partial charge in [-0.3, -0.25) is 9.69 Å². The lowest BCUT2D eigenvalue weighted by molar-refractivity contribution is -0.0757. The van der Waals surface area contributed by atoms with Crippen LogP contribution in [0.1, 0.15) is 29.3 Å². The number of anilines is 1. The first-order valence-electron chi connectivity index (χ1n) is 10.4. The predicted molar refractivity (Wildman–Crippen MR) is 114 cm³/mol. The molecule has 0 amide bonds. The van der Waals surface area contributed by atoms with Crippen LogP contribution in [-0.2, 0) is 5.60 Å². The van der Waals surface area contributed by atoms with Crippen molar-refractivity contribution in [2.75, 3.05) is 51.2 Å². The number of ketones is 1. The van der Waals surface area contributed by atoms with Crippen LogP contribution in [0.5, 0.6) is 0 Å². The van der Waals surface area contributed by atoms with E-state index in [1.807, 2.05) is 42.5 Å². The second kappa shape index (κ2) is 8.22. The van der Waals surface area contributed by atoms with Crippen molar-refractivity contribution in [1.82, 2.24) is 14.8 Å². The molecule has 2 saturated heterocycles. The third kappa shape index (κ3) is 4.06. The van der Waals surface area contributed by atoms with Gasteiger partial charge in [-0.25, -0.2) is 4.98 Å². The van der Waals surface area contributed by atoms with E-state index in [1.54, 1.807) is 13.1 Å². The second-order valence-electron chi connectivity index (χ2n) is 8.30. The summed E-state index contributed by atoms with van der Waals surface area (Å²) < 4.78 is 0. The number of hydrogen-bond acceptors (Lipinski definition) is 6. The van der Waals surface area contributed by atoms with Gasteiger partial charge in [0, 0.05) is 51.0 Å². The minimum atomic E-state index is -0.882. The summed E-state index contributed by atoms with van der Waals surface area (Å²) in [6.07, 6.45) is 2.30. The van der Waals surface area contributed by atoms with Gasteiger partial charge in [-0.1, -0.05) is 30.3 Å². The highest BCUT2D eigenvalue weighted by Crippen LogP contribution is 2.37. The van der Waals surface area contributed by atoms with E-state index in [1.165, 1.54) is 0 Å². The van der Waals surface area contributed by atoms with Gasteiger partial charge < -0.3 is 14.9 Å². The summed E-state index contributed by atoms with van der Waals surface area (Å²) in [7, 11) is 2.15. The van der Waals surface area contributed by atoms with E-state index in [4.69, 9.17) is 0 Å². The number of rotatable bonds is 4. The maximum absolute atomic E-state index is 11.9. The minimum Gasteiger partial charge on any atom is -0.383 e. The molecule has 0 saturated carbocycles. The molecule has 0 unspecified atom stereocenters. The number of carbonyl (C=O) groups excluding carboxylic acids is 1. The van der Waals surface area contributed by atoms with Gasteiger partial charge >= 0.3 is 0 Å². The number of pyridine rings is 1. The van der Waals surface area contributed by atoms with Gasteiger partial charge in [-0.15, -0.1) is 0 Å². The Morgan fingerprint density at radius 3 is 2.41 bits per heavy atom. The topological polar surface area (TPSA) is 59.9 Å². The summed E-state index contributed by atoms with van der Waals surface area (Å²) in [5.41, 5.74) is 0.734. The minimum absolute atomic E-state index is 0.0124. The zero-order valence-corrected chi connectivity index (χ0v) is 17.3. The Kier molecular flexibility index (Phi) is 5.67. The molecule has 1 N–H and O–H groups in total. The monoisotopic (exact) mass is 394 g/mol. The van der Waals surface area contributed by atoms with E-state index in [9.17, 15) is 9.90 Å². The lowest BCUT2D eigenvalue weighted by Gasteiger charge is -2.51. The van der Waals surface area contributed by atoms with Gasteiger partial charge in [0.05, 0.1) is 6.04 Å². The average molecular weight is 395 g/mol. The molecule has 0 spiro atoms. The van der Waals surface area contributed by atoms with Crippen molar-refractivity contribution in [2.24, 2.45) is 0 Å². The number of benzene rings is 1. The van der Waals surface area contributed by atoms with Crippen LogP contribution in [0.3, 0.4) is 0 Å². The zero-order chi connectivity index (χ0) is 20.4. The molecule has 0 aliphatic carbocycles. The number of carbonyl (C=O) groups is 1. The van der Waals surface area contributed by atoms with Gasteiger partial charge in [-0.05, 0) is 38.1 Å². The number of hydrogen-bond donors (Lipinski definition) is 1. The molecule has 0 bridgehead atoms. The summed E-state index contributed by atoms with van der Waals surface area (Å²) in [6.45, 7) is 6.89.